The number of imidazole rings is 1. The van der Waals surface area contributed by atoms with Gasteiger partial charge in [0.05, 0.1) is 31.5 Å². The maximum Gasteiger partial charge on any atom is 0.144 e. The van der Waals surface area contributed by atoms with Crippen molar-refractivity contribution in [3.8, 4) is 22.9 Å². The Morgan fingerprint density at radius 1 is 1.10 bits per heavy atom. The molecule has 5 nitrogen and oxygen atoms in total. The van der Waals surface area contributed by atoms with Crippen molar-refractivity contribution in [2.24, 2.45) is 7.05 Å². The summed E-state index contributed by atoms with van der Waals surface area (Å²) in [6.45, 7) is 0. The van der Waals surface area contributed by atoms with Crippen molar-refractivity contribution < 1.29 is 9.47 Å². The van der Waals surface area contributed by atoms with E-state index in [2.05, 4.69) is 9.97 Å². The monoisotopic (exact) mass is 269 g/mol. The zero-order valence-electron chi connectivity index (χ0n) is 11.6. The Morgan fingerprint density at radius 2 is 1.95 bits per heavy atom. The van der Waals surface area contributed by atoms with Crippen molar-refractivity contribution in [2.75, 3.05) is 14.2 Å². The molecule has 0 spiro atoms. The van der Waals surface area contributed by atoms with Crippen LogP contribution in [0, 0.1) is 0 Å². The van der Waals surface area contributed by atoms with Crippen LogP contribution < -0.4 is 9.47 Å². The standard InChI is InChI=1S/C15H15N3O2/c1-18-13-6-7-16-9-12(13)17-15(18)11-5-4-10(19-2)8-14(11)20-3/h4-9H,1-3H3. The van der Waals surface area contributed by atoms with Crippen LogP contribution in [0.1, 0.15) is 0 Å². The van der Waals surface area contributed by atoms with E-state index in [1.807, 2.05) is 35.9 Å². The molecule has 0 N–H and O–H groups in total. The summed E-state index contributed by atoms with van der Waals surface area (Å²) in [6.07, 6.45) is 3.52. The molecule has 0 aliphatic heterocycles. The number of ether oxygens (including phenoxy) is 2. The highest BCUT2D eigenvalue weighted by molar-refractivity contribution is 5.81. The lowest BCUT2D eigenvalue weighted by Gasteiger charge is -2.10. The largest absolute Gasteiger partial charge is 0.497 e. The average Bonchev–Trinajstić information content (AvgIpc) is 2.84. The van der Waals surface area contributed by atoms with Crippen molar-refractivity contribution in [3.63, 3.8) is 0 Å². The van der Waals surface area contributed by atoms with E-state index in [-0.39, 0.29) is 0 Å². The Hall–Kier alpha value is -2.56. The summed E-state index contributed by atoms with van der Waals surface area (Å²) in [7, 11) is 5.26. The van der Waals surface area contributed by atoms with E-state index in [9.17, 15) is 0 Å². The fourth-order valence-electron chi connectivity index (χ4n) is 2.28. The average molecular weight is 269 g/mol. The first-order valence-corrected chi connectivity index (χ1v) is 6.23. The topological polar surface area (TPSA) is 49.2 Å². The second kappa shape index (κ2) is 4.85. The molecule has 0 bridgehead atoms. The van der Waals surface area contributed by atoms with E-state index in [4.69, 9.17) is 9.47 Å². The number of hydrogen-bond donors (Lipinski definition) is 0. The van der Waals surface area contributed by atoms with Gasteiger partial charge in [-0.3, -0.25) is 4.98 Å². The summed E-state index contributed by atoms with van der Waals surface area (Å²) in [4.78, 5) is 8.73. The van der Waals surface area contributed by atoms with E-state index in [0.717, 1.165) is 33.9 Å². The van der Waals surface area contributed by atoms with Gasteiger partial charge in [0.15, 0.2) is 0 Å². The number of rotatable bonds is 3. The molecule has 20 heavy (non-hydrogen) atoms. The summed E-state index contributed by atoms with van der Waals surface area (Å²) in [5.41, 5.74) is 2.82. The van der Waals surface area contributed by atoms with Crippen LogP contribution in [0.5, 0.6) is 11.5 Å². The first-order chi connectivity index (χ1) is 9.74. The Morgan fingerprint density at radius 3 is 2.65 bits per heavy atom. The van der Waals surface area contributed by atoms with E-state index >= 15 is 0 Å². The van der Waals surface area contributed by atoms with Gasteiger partial charge in [-0.25, -0.2) is 4.98 Å². The fraction of sp³-hybridized carbons (Fsp3) is 0.200. The van der Waals surface area contributed by atoms with E-state index in [1.54, 1.807) is 26.6 Å². The normalized spacial score (nSPS) is 10.8. The lowest BCUT2D eigenvalue weighted by atomic mass is 10.2. The van der Waals surface area contributed by atoms with Gasteiger partial charge >= 0.3 is 0 Å². The number of benzene rings is 1. The van der Waals surface area contributed by atoms with Crippen molar-refractivity contribution in [3.05, 3.63) is 36.7 Å². The number of fused-ring (bicyclic) bond motifs is 1. The molecule has 3 rings (SSSR count). The van der Waals surface area contributed by atoms with E-state index in [0.29, 0.717) is 0 Å². The third kappa shape index (κ3) is 1.87. The fourth-order valence-corrected chi connectivity index (χ4v) is 2.28. The van der Waals surface area contributed by atoms with Crippen LogP contribution in [0.15, 0.2) is 36.7 Å². The highest BCUT2D eigenvalue weighted by Crippen LogP contribution is 2.33. The molecule has 0 amide bonds. The van der Waals surface area contributed by atoms with E-state index in [1.165, 1.54) is 0 Å². The van der Waals surface area contributed by atoms with Crippen LogP contribution in [0.2, 0.25) is 0 Å². The van der Waals surface area contributed by atoms with Crippen molar-refractivity contribution in [1.82, 2.24) is 14.5 Å². The lowest BCUT2D eigenvalue weighted by molar-refractivity contribution is 0.395. The van der Waals surface area contributed by atoms with Gasteiger partial charge in [-0.15, -0.1) is 0 Å². The maximum absolute atomic E-state index is 5.44. The second-order valence-electron chi connectivity index (χ2n) is 4.43. The van der Waals surface area contributed by atoms with Crippen LogP contribution in [0.25, 0.3) is 22.4 Å². The van der Waals surface area contributed by atoms with Gasteiger partial charge in [-0.05, 0) is 18.2 Å². The Kier molecular flexibility index (Phi) is 3.02. The summed E-state index contributed by atoms with van der Waals surface area (Å²) in [5.74, 6) is 2.33. The third-order valence-electron chi connectivity index (χ3n) is 3.33. The maximum atomic E-state index is 5.44. The summed E-state index contributed by atoms with van der Waals surface area (Å²) in [6, 6.07) is 7.65. The van der Waals surface area contributed by atoms with Gasteiger partial charge in [0.1, 0.15) is 22.8 Å². The Balaban J connectivity index is 2.22. The predicted molar refractivity (Wildman–Crippen MR) is 77.0 cm³/mol. The molecule has 0 saturated carbocycles. The number of hydrogen-bond acceptors (Lipinski definition) is 4. The Bertz CT molecular complexity index is 765. The zero-order chi connectivity index (χ0) is 14.1. The van der Waals surface area contributed by atoms with Gasteiger partial charge in [-0.2, -0.15) is 0 Å². The molecule has 102 valence electrons. The van der Waals surface area contributed by atoms with Crippen LogP contribution in [-0.2, 0) is 7.05 Å². The quantitative estimate of drug-likeness (QED) is 0.733. The molecule has 3 aromatic rings. The van der Waals surface area contributed by atoms with Crippen LogP contribution in [0.3, 0.4) is 0 Å². The van der Waals surface area contributed by atoms with Gasteiger partial charge in [0.2, 0.25) is 0 Å². The van der Waals surface area contributed by atoms with Crippen LogP contribution >= 0.6 is 0 Å². The van der Waals surface area contributed by atoms with Gasteiger partial charge in [-0.1, -0.05) is 0 Å². The summed E-state index contributed by atoms with van der Waals surface area (Å²) in [5, 5.41) is 0. The molecule has 0 fully saturated rings. The smallest absolute Gasteiger partial charge is 0.144 e. The number of pyridine rings is 1. The van der Waals surface area contributed by atoms with Crippen LogP contribution in [-0.4, -0.2) is 28.8 Å². The molecule has 2 aromatic heterocycles. The van der Waals surface area contributed by atoms with Crippen molar-refractivity contribution >= 4 is 11.0 Å². The number of aromatic nitrogens is 3. The predicted octanol–water partition coefficient (Wildman–Crippen LogP) is 2.65. The first-order valence-electron chi connectivity index (χ1n) is 6.23. The summed E-state index contributed by atoms with van der Waals surface area (Å²) < 4.78 is 12.7. The minimum atomic E-state index is 0.732. The number of nitrogens with zero attached hydrogens (tertiary/aromatic N) is 3. The van der Waals surface area contributed by atoms with Gasteiger partial charge in [0.25, 0.3) is 0 Å². The number of aryl methyl sites for hydroxylation is 1. The molecule has 0 saturated heterocycles. The molecule has 0 aliphatic carbocycles. The van der Waals surface area contributed by atoms with E-state index < -0.39 is 0 Å². The Labute approximate surface area is 116 Å². The second-order valence-corrected chi connectivity index (χ2v) is 4.43. The van der Waals surface area contributed by atoms with Crippen LogP contribution in [0.4, 0.5) is 0 Å². The molecule has 2 heterocycles. The molecule has 5 heteroatoms. The zero-order valence-corrected chi connectivity index (χ0v) is 11.6. The van der Waals surface area contributed by atoms with Gasteiger partial charge < -0.3 is 14.0 Å². The molecular formula is C15H15N3O2. The molecule has 0 atom stereocenters. The minimum Gasteiger partial charge on any atom is -0.497 e. The van der Waals surface area contributed by atoms with Gasteiger partial charge in [0, 0.05) is 19.3 Å². The molecule has 0 aliphatic rings. The molecular weight excluding hydrogens is 254 g/mol. The highest BCUT2D eigenvalue weighted by Gasteiger charge is 2.14. The van der Waals surface area contributed by atoms with Crippen molar-refractivity contribution in [1.29, 1.82) is 0 Å². The van der Waals surface area contributed by atoms with Crippen molar-refractivity contribution in [2.45, 2.75) is 0 Å². The molecule has 0 radical (unpaired) electrons. The third-order valence-corrected chi connectivity index (χ3v) is 3.33. The minimum absolute atomic E-state index is 0.732. The highest BCUT2D eigenvalue weighted by atomic mass is 16.5. The lowest BCUT2D eigenvalue weighted by Crippen LogP contribution is -1.96. The first kappa shape index (κ1) is 12.5. The summed E-state index contributed by atoms with van der Waals surface area (Å²) >= 11 is 0. The molecule has 1 aromatic carbocycles. The number of methoxy groups -OCH3 is 2. The SMILES string of the molecule is COc1ccc(-c2nc3cnccc3n2C)c(OC)c1. The molecule has 0 unspecified atom stereocenters.